The molecule has 210 valence electrons. The molecule has 1 N–H and O–H groups in total. The lowest BCUT2D eigenvalue weighted by Crippen LogP contribution is -2.44. The van der Waals surface area contributed by atoms with E-state index in [4.69, 9.17) is 4.74 Å². The Morgan fingerprint density at radius 1 is 0.875 bits per heavy atom. The molecule has 0 bridgehead atoms. The summed E-state index contributed by atoms with van der Waals surface area (Å²) in [4.78, 5) is 33.3. The monoisotopic (exact) mass is 551 g/mol. The first-order valence-corrected chi connectivity index (χ1v) is 13.1. The number of methoxy groups -OCH3 is 1. The number of para-hydroxylation sites is 1. The number of carbonyl (C=O) groups excluding carboxylic acids is 2. The lowest BCUT2D eigenvalue weighted by molar-refractivity contribution is -0.137. The summed E-state index contributed by atoms with van der Waals surface area (Å²) in [6.07, 6.45) is -1.45. The summed E-state index contributed by atoms with van der Waals surface area (Å²) in [5, 5.41) is 1.05. The Hall–Kier alpha value is -4.11. The van der Waals surface area contributed by atoms with Gasteiger partial charge < -0.3 is 19.5 Å². The predicted octanol–water partition coefficient (Wildman–Crippen LogP) is 5.94. The van der Waals surface area contributed by atoms with Crippen molar-refractivity contribution in [3.63, 3.8) is 0 Å². The van der Waals surface area contributed by atoms with Gasteiger partial charge in [0.25, 0.3) is 5.91 Å². The number of nitrogens with one attached hydrogen (secondary N) is 1. The van der Waals surface area contributed by atoms with Crippen LogP contribution in [0.2, 0.25) is 0 Å². The Morgan fingerprint density at radius 2 is 1.57 bits per heavy atom. The van der Waals surface area contributed by atoms with E-state index in [1.54, 1.807) is 36.3 Å². The lowest BCUT2D eigenvalue weighted by atomic mass is 10.1. The maximum absolute atomic E-state index is 13.7. The number of hydrogen-bond donors (Lipinski definition) is 1. The smallest absolute Gasteiger partial charge is 0.385 e. The number of benzene rings is 3. The third-order valence-electron chi connectivity index (χ3n) is 6.74. The van der Waals surface area contributed by atoms with Gasteiger partial charge in [0.15, 0.2) is 0 Å². The number of ether oxygens (including phenoxy) is 1. The average Bonchev–Trinajstić information content (AvgIpc) is 3.37. The average molecular weight is 552 g/mol. The van der Waals surface area contributed by atoms with Gasteiger partial charge in [-0.1, -0.05) is 48.5 Å². The van der Waals surface area contributed by atoms with Crippen LogP contribution < -0.4 is 0 Å². The van der Waals surface area contributed by atoms with Crippen LogP contribution in [0.25, 0.3) is 10.9 Å². The second-order valence-electron chi connectivity index (χ2n) is 9.56. The minimum Gasteiger partial charge on any atom is -0.385 e. The van der Waals surface area contributed by atoms with Crippen LogP contribution in [0.15, 0.2) is 85.1 Å². The molecule has 1 aromatic heterocycles. The van der Waals surface area contributed by atoms with E-state index in [-0.39, 0.29) is 24.9 Å². The molecule has 1 heterocycles. The number of H-pyrrole nitrogens is 1. The lowest BCUT2D eigenvalue weighted by Gasteiger charge is -2.28. The predicted molar refractivity (Wildman–Crippen MR) is 148 cm³/mol. The Morgan fingerprint density at radius 3 is 2.27 bits per heavy atom. The first-order valence-electron chi connectivity index (χ1n) is 13.1. The van der Waals surface area contributed by atoms with Crippen LogP contribution in [0, 0.1) is 0 Å². The zero-order chi connectivity index (χ0) is 28.5. The summed E-state index contributed by atoms with van der Waals surface area (Å²) < 4.78 is 44.4. The van der Waals surface area contributed by atoms with Crippen LogP contribution in [-0.2, 0) is 28.7 Å². The maximum Gasteiger partial charge on any atom is 0.416 e. The van der Waals surface area contributed by atoms with Crippen molar-refractivity contribution >= 4 is 22.7 Å². The molecule has 0 saturated heterocycles. The van der Waals surface area contributed by atoms with Gasteiger partial charge >= 0.3 is 6.18 Å². The quantitative estimate of drug-likeness (QED) is 0.222. The molecular weight excluding hydrogens is 519 g/mol. The molecule has 6 nitrogen and oxygen atoms in total. The van der Waals surface area contributed by atoms with Gasteiger partial charge in [0.05, 0.1) is 5.56 Å². The van der Waals surface area contributed by atoms with Gasteiger partial charge in [-0.2, -0.15) is 13.2 Å². The van der Waals surface area contributed by atoms with E-state index >= 15 is 0 Å². The van der Waals surface area contributed by atoms with E-state index in [0.717, 1.165) is 28.6 Å². The maximum atomic E-state index is 13.7. The molecule has 0 radical (unpaired) electrons. The summed E-state index contributed by atoms with van der Waals surface area (Å²) in [7, 11) is 1.57. The zero-order valence-electron chi connectivity index (χ0n) is 22.3. The van der Waals surface area contributed by atoms with Crippen molar-refractivity contribution in [2.24, 2.45) is 0 Å². The van der Waals surface area contributed by atoms with Crippen molar-refractivity contribution in [3.8, 4) is 0 Å². The van der Waals surface area contributed by atoms with Crippen LogP contribution in [0.1, 0.15) is 33.5 Å². The normalized spacial score (nSPS) is 11.5. The molecule has 0 saturated carbocycles. The first kappa shape index (κ1) is 28.9. The summed E-state index contributed by atoms with van der Waals surface area (Å²) in [6.45, 7) is 1.04. The number of aromatic nitrogens is 1. The fraction of sp³-hybridized carbons (Fsp3) is 0.290. The third-order valence-corrected chi connectivity index (χ3v) is 6.74. The SMILES string of the molecule is COCCCN(CC(=O)N(CCc1c[nH]c2ccccc12)Cc1ccc(C(F)(F)F)cc1)C(=O)c1ccccc1. The van der Waals surface area contributed by atoms with Crippen molar-refractivity contribution in [1.29, 1.82) is 0 Å². The van der Waals surface area contributed by atoms with Crippen LogP contribution in [-0.4, -0.2) is 59.9 Å². The van der Waals surface area contributed by atoms with Crippen molar-refractivity contribution in [3.05, 3.63) is 107 Å². The molecule has 0 unspecified atom stereocenters. The summed E-state index contributed by atoms with van der Waals surface area (Å²) in [6, 6.07) is 21.4. The molecule has 4 aromatic rings. The van der Waals surface area contributed by atoms with Gasteiger partial charge in [-0.25, -0.2) is 0 Å². The molecule has 2 amide bonds. The van der Waals surface area contributed by atoms with Crippen LogP contribution in [0.5, 0.6) is 0 Å². The van der Waals surface area contributed by atoms with Crippen molar-refractivity contribution in [1.82, 2.24) is 14.8 Å². The minimum atomic E-state index is -4.44. The Labute approximate surface area is 231 Å². The fourth-order valence-corrected chi connectivity index (χ4v) is 4.58. The molecule has 0 aliphatic heterocycles. The summed E-state index contributed by atoms with van der Waals surface area (Å²) in [5.74, 6) is -0.558. The molecule has 0 fully saturated rings. The number of hydrogen-bond acceptors (Lipinski definition) is 3. The topological polar surface area (TPSA) is 65.6 Å². The van der Waals surface area contributed by atoms with E-state index in [2.05, 4.69) is 4.98 Å². The van der Waals surface area contributed by atoms with Crippen molar-refractivity contribution in [2.45, 2.75) is 25.6 Å². The molecule has 3 aromatic carbocycles. The number of rotatable bonds is 12. The Kier molecular flexibility index (Phi) is 9.60. The molecular formula is C31H32F3N3O3. The Bertz CT molecular complexity index is 1400. The van der Waals surface area contributed by atoms with E-state index in [9.17, 15) is 22.8 Å². The zero-order valence-corrected chi connectivity index (χ0v) is 22.3. The number of amides is 2. The van der Waals surface area contributed by atoms with Gasteiger partial charge in [0.1, 0.15) is 6.54 Å². The number of halogens is 3. The summed E-state index contributed by atoms with van der Waals surface area (Å²) in [5.41, 5.74) is 2.31. The minimum absolute atomic E-state index is 0.116. The van der Waals surface area contributed by atoms with Gasteiger partial charge in [-0.3, -0.25) is 9.59 Å². The molecule has 0 aliphatic carbocycles. The second kappa shape index (κ2) is 13.3. The Balaban J connectivity index is 1.55. The van der Waals surface area contributed by atoms with E-state index in [1.807, 2.05) is 36.5 Å². The van der Waals surface area contributed by atoms with E-state index < -0.39 is 11.7 Å². The van der Waals surface area contributed by atoms with Crippen molar-refractivity contribution in [2.75, 3.05) is 33.4 Å². The fourth-order valence-electron chi connectivity index (χ4n) is 4.58. The highest BCUT2D eigenvalue weighted by molar-refractivity contribution is 5.96. The van der Waals surface area contributed by atoms with Gasteiger partial charge in [0, 0.05) is 56.0 Å². The number of fused-ring (bicyclic) bond motifs is 1. The largest absolute Gasteiger partial charge is 0.416 e. The molecule has 0 atom stereocenters. The van der Waals surface area contributed by atoms with Crippen LogP contribution >= 0.6 is 0 Å². The number of aromatic amines is 1. The van der Waals surface area contributed by atoms with Gasteiger partial charge in [-0.15, -0.1) is 0 Å². The molecule has 9 heteroatoms. The number of carbonyl (C=O) groups is 2. The number of nitrogens with zero attached hydrogens (tertiary/aromatic N) is 2. The van der Waals surface area contributed by atoms with E-state index in [1.165, 1.54) is 17.0 Å². The highest BCUT2D eigenvalue weighted by Crippen LogP contribution is 2.29. The third kappa shape index (κ3) is 7.51. The van der Waals surface area contributed by atoms with Crippen LogP contribution in [0.3, 0.4) is 0 Å². The summed E-state index contributed by atoms with van der Waals surface area (Å²) >= 11 is 0. The first-order chi connectivity index (χ1) is 19.3. The van der Waals surface area contributed by atoms with Crippen LogP contribution in [0.4, 0.5) is 13.2 Å². The standard InChI is InChI=1S/C31H32F3N3O3/c1-40-19-7-17-37(30(39)24-8-3-2-4-9-24)22-29(38)36(21-23-12-14-26(15-13-23)31(32,33)34)18-16-25-20-35-28-11-6-5-10-27(25)28/h2-6,8-15,20,35H,7,16-19,21-22H2,1H3. The van der Waals surface area contributed by atoms with Gasteiger partial charge in [-0.05, 0) is 54.3 Å². The second-order valence-corrected chi connectivity index (χ2v) is 9.56. The van der Waals surface area contributed by atoms with Gasteiger partial charge in [0.2, 0.25) is 5.91 Å². The number of alkyl halides is 3. The highest BCUT2D eigenvalue weighted by atomic mass is 19.4. The molecule has 4 rings (SSSR count). The van der Waals surface area contributed by atoms with Crippen molar-refractivity contribution < 1.29 is 27.5 Å². The molecule has 0 spiro atoms. The molecule has 0 aliphatic rings. The van der Waals surface area contributed by atoms with E-state index in [0.29, 0.717) is 43.7 Å². The molecule has 40 heavy (non-hydrogen) atoms. The highest BCUT2D eigenvalue weighted by Gasteiger charge is 2.30.